The Kier molecular flexibility index (Phi) is 26.2. The van der Waals surface area contributed by atoms with Gasteiger partial charge in [0.25, 0.3) is 0 Å². The quantitative estimate of drug-likeness (QED) is 0.0110. The number of benzene rings is 5. The van der Waals surface area contributed by atoms with Crippen LogP contribution >= 0.6 is 11.8 Å². The number of phenols is 1. The number of carbonyl (C=O) groups is 5. The van der Waals surface area contributed by atoms with Crippen LogP contribution in [0.5, 0.6) is 11.5 Å². The Morgan fingerprint density at radius 3 is 1.99 bits per heavy atom. The van der Waals surface area contributed by atoms with Gasteiger partial charge in [-0.1, -0.05) is 36.0 Å². The molecular formula is C58H66F3N13O10S. The number of unbranched alkanes of at least 4 members (excludes halogenated alkanes) is 1. The molecule has 450 valence electrons. The molecule has 27 heteroatoms. The lowest BCUT2D eigenvalue weighted by atomic mass is 10.1. The minimum Gasteiger partial charge on any atom is -0.506 e. The average Bonchev–Trinajstić information content (AvgIpc) is 4.45. The van der Waals surface area contributed by atoms with Crippen LogP contribution in [0.1, 0.15) is 42.0 Å². The number of para-hydroxylation sites is 1. The Morgan fingerprint density at radius 2 is 1.44 bits per heavy atom. The number of aliphatic hydroxyl groups is 1. The van der Waals surface area contributed by atoms with E-state index < -0.39 is 18.1 Å². The van der Waals surface area contributed by atoms with E-state index in [1.807, 2.05) is 98.9 Å². The number of urea groups is 1. The predicted molar refractivity (Wildman–Crippen MR) is 324 cm³/mol. The number of halogens is 3. The lowest BCUT2D eigenvalue weighted by molar-refractivity contribution is -0.192. The van der Waals surface area contributed by atoms with Gasteiger partial charge in [-0.25, -0.2) is 25.2 Å². The van der Waals surface area contributed by atoms with Crippen molar-refractivity contribution >= 4 is 93.8 Å². The van der Waals surface area contributed by atoms with Crippen molar-refractivity contribution < 1.29 is 61.9 Å². The molecule has 5 aromatic carbocycles. The molecule has 0 unspecified atom stereocenters. The average molecular weight is 1190 g/mol. The molecular weight excluding hydrogens is 1130 g/mol. The van der Waals surface area contributed by atoms with Gasteiger partial charge >= 0.3 is 24.1 Å². The maximum absolute atomic E-state index is 12.6. The zero-order chi connectivity index (χ0) is 61.7. The van der Waals surface area contributed by atoms with Gasteiger partial charge in [0.15, 0.2) is 11.5 Å². The van der Waals surface area contributed by atoms with Gasteiger partial charge in [-0.3, -0.25) is 19.6 Å². The summed E-state index contributed by atoms with van der Waals surface area (Å²) in [6, 6.07) is 34.7. The number of hydrogen-bond acceptors (Lipinski definition) is 19. The van der Waals surface area contributed by atoms with Crippen molar-refractivity contribution in [2.45, 2.75) is 32.9 Å². The molecule has 0 aromatic heterocycles. The van der Waals surface area contributed by atoms with E-state index in [0.29, 0.717) is 71.5 Å². The van der Waals surface area contributed by atoms with Crippen LogP contribution in [0.3, 0.4) is 0 Å². The third-order valence-corrected chi connectivity index (χ3v) is 12.5. The lowest BCUT2D eigenvalue weighted by Crippen LogP contribution is -2.30. The number of ether oxygens (including phenoxy) is 2. The number of aliphatic hydroxyl groups excluding tert-OH is 1. The Hall–Kier alpha value is -10.0. The van der Waals surface area contributed by atoms with Crippen molar-refractivity contribution in [1.82, 2.24) is 21.0 Å². The highest BCUT2D eigenvalue weighted by Gasteiger charge is 2.38. The maximum atomic E-state index is 12.6. The highest BCUT2D eigenvalue weighted by molar-refractivity contribution is 8.18. The number of nitrogens with zero attached hydrogens (tertiary/aromatic N) is 4. The first-order valence-electron chi connectivity index (χ1n) is 26.2. The molecule has 0 atom stereocenters. The standard InChI is InChI=1S/C28H33N5O6S.C18H21N5O.C10H11N3O.C2HF3O2/c1-2-38-28(37)25-26(36)24(40-27(25)32-21-8-4-3-5-9-21)15-19-10-11-23(22(35)14-19)39-13-7-6-12-33(30)17-20(29)16-31-18-34;1-12-9-15(19-2)11-16(10-12)23-18(24)22-14-5-3-13(4-6-14)17-20-7-8-21-17;14-7-13-9-3-1-8(2-4-9)10-11-5-6-12-10;3-2(4,5)1(6)7/h3-5,8-11,14-15,17-18,35-36H,2,6-7,12-13,16,29-30H2,1H3,(H,31,34);3-6,9-11,19H,7-8H2,1-2H3,(H,20,21)(H2,22,23,24);1-4,7H,5-6H2,(H,11,12)(H,13,14);(H,6,7)/b20-17-,24-15-,32-27?;;;. The van der Waals surface area contributed by atoms with E-state index in [9.17, 15) is 42.6 Å². The number of hydrazine groups is 1. The van der Waals surface area contributed by atoms with Gasteiger partial charge < -0.3 is 72.8 Å². The highest BCUT2D eigenvalue weighted by Crippen LogP contribution is 2.41. The van der Waals surface area contributed by atoms with Gasteiger partial charge in [0.05, 0.1) is 43.4 Å². The molecule has 85 heavy (non-hydrogen) atoms. The summed E-state index contributed by atoms with van der Waals surface area (Å²) >= 11 is 1.14. The van der Waals surface area contributed by atoms with E-state index in [1.54, 1.807) is 43.5 Å². The molecule has 0 saturated heterocycles. The normalized spacial score (nSPS) is 14.2. The monoisotopic (exact) mass is 1190 g/mol. The molecule has 8 rings (SSSR count). The molecule has 3 heterocycles. The van der Waals surface area contributed by atoms with Crippen LogP contribution in [0.4, 0.5) is 46.4 Å². The van der Waals surface area contributed by atoms with Gasteiger partial charge in [0.2, 0.25) is 12.8 Å². The van der Waals surface area contributed by atoms with Gasteiger partial charge in [-0.2, -0.15) is 13.2 Å². The summed E-state index contributed by atoms with van der Waals surface area (Å²) in [6.45, 7) is 8.37. The molecule has 23 nitrogen and oxygen atoms in total. The zero-order valence-corrected chi connectivity index (χ0v) is 47.4. The number of thioether (sulfide) groups is 1. The Morgan fingerprint density at radius 1 is 0.824 bits per heavy atom. The minimum absolute atomic E-state index is 0.00187. The number of aryl methyl sites for hydroxylation is 1. The van der Waals surface area contributed by atoms with E-state index in [1.165, 1.54) is 11.1 Å². The van der Waals surface area contributed by atoms with Gasteiger partial charge in [-0.05, 0) is 135 Å². The second kappa shape index (κ2) is 33.8. The minimum atomic E-state index is -5.08. The van der Waals surface area contributed by atoms with Crippen molar-refractivity contribution in [1.29, 1.82) is 0 Å². The molecule has 4 amide bonds. The number of phenolic OH excluding ortho intramolecular Hbond substituents is 1. The van der Waals surface area contributed by atoms with Crippen LogP contribution in [-0.4, -0.2) is 134 Å². The van der Waals surface area contributed by atoms with Crippen LogP contribution in [-0.2, 0) is 23.9 Å². The maximum Gasteiger partial charge on any atom is 0.490 e. The van der Waals surface area contributed by atoms with Crippen LogP contribution in [0.2, 0.25) is 0 Å². The number of carboxylic acid groups (broad SMARTS) is 1. The Bertz CT molecular complexity index is 3270. The molecule has 0 radical (unpaired) electrons. The molecule has 3 aliphatic heterocycles. The van der Waals surface area contributed by atoms with Crippen LogP contribution in [0.25, 0.3) is 6.08 Å². The summed E-state index contributed by atoms with van der Waals surface area (Å²) in [6.07, 6.45) is 0.736. The number of nitrogens with two attached hydrogens (primary N) is 2. The number of carboxylic acids is 1. The van der Waals surface area contributed by atoms with Crippen molar-refractivity contribution in [3.05, 3.63) is 166 Å². The van der Waals surface area contributed by atoms with E-state index in [0.717, 1.165) is 89.1 Å². The number of anilines is 4. The number of aliphatic imine (C=N–C) groups is 3. The van der Waals surface area contributed by atoms with Crippen molar-refractivity contribution in [3.8, 4) is 11.5 Å². The number of alkyl halides is 3. The summed E-state index contributed by atoms with van der Waals surface area (Å²) in [5, 5.41) is 50.4. The molecule has 3 aliphatic rings. The van der Waals surface area contributed by atoms with Gasteiger partial charge in [0.1, 0.15) is 28.0 Å². The number of amidine groups is 2. The molecule has 0 aliphatic carbocycles. The summed E-state index contributed by atoms with van der Waals surface area (Å²) in [5.74, 6) is 4.30. The fourth-order valence-corrected chi connectivity index (χ4v) is 8.58. The smallest absolute Gasteiger partial charge is 0.490 e. The van der Waals surface area contributed by atoms with Gasteiger partial charge in [-0.15, -0.1) is 0 Å². The third kappa shape index (κ3) is 22.3. The first-order chi connectivity index (χ1) is 40.8. The number of hydrogen-bond donors (Lipinski definition) is 12. The fourth-order valence-electron chi connectivity index (χ4n) is 7.55. The molecule has 5 aromatic rings. The van der Waals surface area contributed by atoms with Crippen LogP contribution in [0.15, 0.2) is 158 Å². The van der Waals surface area contributed by atoms with Crippen LogP contribution < -0.4 is 53.5 Å². The summed E-state index contributed by atoms with van der Waals surface area (Å²) in [4.78, 5) is 67.7. The number of rotatable bonds is 21. The first-order valence-corrected chi connectivity index (χ1v) is 27.0. The molecule has 0 fully saturated rings. The van der Waals surface area contributed by atoms with E-state index >= 15 is 0 Å². The SMILES string of the molecule is CCOC(=O)C1=C(O)/C(=C/c2ccc(OCCCCN(N)/C=C(\N)CNC=O)c(O)c2)SC1=Nc1ccccc1.CNc1cc(C)cc(NC(=O)Nc2ccc(C3=NCCN3)cc2)c1.O=C(O)C(F)(F)F.O=CNc1ccc(C2=NCCN2)cc1. The van der Waals surface area contributed by atoms with Crippen molar-refractivity contribution in [3.63, 3.8) is 0 Å². The molecule has 14 N–H and O–H groups in total. The fraction of sp³-hybridized carbons (Fsp3) is 0.241. The number of aromatic hydroxyl groups is 1. The van der Waals surface area contributed by atoms with Crippen LogP contribution in [0, 0.1) is 6.92 Å². The van der Waals surface area contributed by atoms with E-state index in [4.69, 9.17) is 31.0 Å². The summed E-state index contributed by atoms with van der Waals surface area (Å²) in [5.41, 5.74) is 13.8. The molecule has 0 spiro atoms. The number of nitrogens with one attached hydrogen (secondary N) is 7. The summed E-state index contributed by atoms with van der Waals surface area (Å²) in [7, 11) is 1.85. The second-order valence-electron chi connectivity index (χ2n) is 18.0. The van der Waals surface area contributed by atoms with E-state index in [2.05, 4.69) is 52.2 Å². The second-order valence-corrected chi connectivity index (χ2v) is 19.0. The molecule has 0 saturated carbocycles. The molecule has 0 bridgehead atoms. The highest BCUT2D eigenvalue weighted by atomic mass is 32.2. The largest absolute Gasteiger partial charge is 0.506 e. The van der Waals surface area contributed by atoms with E-state index in [-0.39, 0.29) is 36.3 Å². The third-order valence-electron chi connectivity index (χ3n) is 11.4. The number of esters is 1. The predicted octanol–water partition coefficient (Wildman–Crippen LogP) is 7.73. The first kappa shape index (κ1) is 65.8. The summed E-state index contributed by atoms with van der Waals surface area (Å²) < 4.78 is 42.6. The van der Waals surface area contributed by atoms with Crippen molar-refractivity contribution in [2.24, 2.45) is 26.6 Å². The topological polar surface area (TPSA) is 341 Å². The lowest BCUT2D eigenvalue weighted by Gasteiger charge is -2.15. The number of amides is 4. The number of carbonyl (C=O) groups excluding carboxylic acids is 4. The Labute approximate surface area is 492 Å². The Balaban J connectivity index is 0.000000244. The zero-order valence-electron chi connectivity index (χ0n) is 46.5. The number of aliphatic carboxylic acids is 1. The van der Waals surface area contributed by atoms with Gasteiger partial charge in [0, 0.05) is 72.5 Å². The van der Waals surface area contributed by atoms with Crippen molar-refractivity contribution in [2.75, 3.05) is 80.8 Å².